The quantitative estimate of drug-likeness (QED) is 0.218. The highest BCUT2D eigenvalue weighted by Crippen LogP contribution is 2.26. The minimum Gasteiger partial charge on any atom is -0.481 e. The van der Waals surface area contributed by atoms with Crippen LogP contribution in [0.25, 0.3) is 0 Å². The van der Waals surface area contributed by atoms with Gasteiger partial charge in [-0.3, -0.25) is 28.8 Å². The summed E-state index contributed by atoms with van der Waals surface area (Å²) in [6, 6.07) is 0. The molecule has 15 heteroatoms. The Morgan fingerprint density at radius 2 is 1.75 bits per heavy atom. The van der Waals surface area contributed by atoms with Crippen LogP contribution in [0.2, 0.25) is 0 Å². The molecule has 0 aromatic carbocycles. The third-order valence-corrected chi connectivity index (χ3v) is 6.35. The number of esters is 1. The maximum Gasteiger partial charge on any atom is 0.509 e. The van der Waals surface area contributed by atoms with Crippen molar-refractivity contribution in [3.8, 4) is 0 Å². The highest BCUT2D eigenvalue weighted by atomic mass is 32.2. The Labute approximate surface area is 237 Å². The van der Waals surface area contributed by atoms with E-state index in [0.717, 1.165) is 11.8 Å². The number of rotatable bonds is 6. The Hall–Kier alpha value is -3.20. The van der Waals surface area contributed by atoms with Gasteiger partial charge in [-0.25, -0.2) is 4.79 Å². The van der Waals surface area contributed by atoms with E-state index in [1.165, 1.54) is 13.8 Å². The van der Waals surface area contributed by atoms with Crippen LogP contribution in [0.1, 0.15) is 46.0 Å². The van der Waals surface area contributed by atoms with Crippen LogP contribution in [0.15, 0.2) is 0 Å². The van der Waals surface area contributed by atoms with E-state index < -0.39 is 66.3 Å². The standard InChI is InChI=1S/C25H39N3O11S/c1-25(2)15-37-20(33)7-6-16(29)12-21(34)40-11-10-26-18(30)8-9-27-23(35)22(25)39-24(36)38-17(13-19(31)32)14-28(3,4)5/h17,22H,6-15H2,1-5H3,(H2-,26,27,30,31,32,35)/p+1/t17-,22+/m1/s1. The molecule has 3 N–H and O–H groups in total. The zero-order valence-corrected chi connectivity index (χ0v) is 24.4. The number of carboxylic acids is 1. The predicted octanol–water partition coefficient (Wildman–Crippen LogP) is 0.262. The molecule has 0 aromatic heterocycles. The summed E-state index contributed by atoms with van der Waals surface area (Å²) in [6.45, 7) is 2.80. The Balaban J connectivity index is 3.06. The number of amides is 2. The lowest BCUT2D eigenvalue weighted by Crippen LogP contribution is -2.50. The minimum atomic E-state index is -1.55. The van der Waals surface area contributed by atoms with Gasteiger partial charge >= 0.3 is 18.1 Å². The average molecular weight is 591 g/mol. The summed E-state index contributed by atoms with van der Waals surface area (Å²) in [7, 11) is 5.34. The van der Waals surface area contributed by atoms with Gasteiger partial charge in [0.2, 0.25) is 5.91 Å². The maximum atomic E-state index is 13.1. The smallest absolute Gasteiger partial charge is 0.481 e. The number of nitrogens with zero attached hydrogens (tertiary/aromatic N) is 1. The molecule has 2 amide bonds. The number of thioether (sulfide) groups is 1. The first-order valence-corrected chi connectivity index (χ1v) is 13.7. The fraction of sp³-hybridized carbons (Fsp3) is 0.720. The Morgan fingerprint density at radius 3 is 2.38 bits per heavy atom. The molecule has 1 heterocycles. The van der Waals surface area contributed by atoms with Crippen LogP contribution in [-0.2, 0) is 43.0 Å². The molecule has 1 fully saturated rings. The van der Waals surface area contributed by atoms with E-state index in [9.17, 15) is 38.7 Å². The number of likely N-dealkylation sites (N-methyl/N-ethyl adjacent to an activating group) is 1. The van der Waals surface area contributed by atoms with Gasteiger partial charge in [0, 0.05) is 37.1 Å². The molecule has 1 aliphatic heterocycles. The number of aliphatic carboxylic acids is 1. The Morgan fingerprint density at radius 1 is 1.07 bits per heavy atom. The van der Waals surface area contributed by atoms with Gasteiger partial charge in [-0.2, -0.15) is 0 Å². The fourth-order valence-electron chi connectivity index (χ4n) is 3.57. The predicted molar refractivity (Wildman–Crippen MR) is 142 cm³/mol. The largest absolute Gasteiger partial charge is 0.509 e. The second-order valence-electron chi connectivity index (χ2n) is 11.0. The van der Waals surface area contributed by atoms with Gasteiger partial charge in [-0.15, -0.1) is 0 Å². The number of quaternary nitrogens is 1. The fourth-order valence-corrected chi connectivity index (χ4v) is 4.26. The summed E-state index contributed by atoms with van der Waals surface area (Å²) < 4.78 is 16.1. The van der Waals surface area contributed by atoms with E-state index in [1.807, 2.05) is 0 Å². The van der Waals surface area contributed by atoms with Gasteiger partial charge in [0.1, 0.15) is 18.9 Å². The molecule has 2 atom stereocenters. The molecule has 0 radical (unpaired) electrons. The van der Waals surface area contributed by atoms with Crippen LogP contribution in [0.4, 0.5) is 4.79 Å². The number of hydrogen-bond donors (Lipinski definition) is 3. The zero-order valence-electron chi connectivity index (χ0n) is 23.6. The molecular weight excluding hydrogens is 550 g/mol. The van der Waals surface area contributed by atoms with Crippen LogP contribution in [0.3, 0.4) is 0 Å². The summed E-state index contributed by atoms with van der Waals surface area (Å²) in [4.78, 5) is 85.3. The number of Topliss-reactive ketones (excluding diaryl/α,β-unsaturated/α-hetero) is 1. The SMILES string of the molecule is CC1(C)COC(=O)CCC(=O)CC(=O)SCCNC(=O)CCNC(=O)[C@@H]1OC(=O)O[C@H](CC(=O)O)C[N+](C)(C)C. The lowest BCUT2D eigenvalue weighted by atomic mass is 9.86. The van der Waals surface area contributed by atoms with E-state index in [1.54, 1.807) is 21.1 Å². The first-order chi connectivity index (χ1) is 18.5. The van der Waals surface area contributed by atoms with E-state index in [2.05, 4.69) is 10.6 Å². The third-order valence-electron chi connectivity index (χ3n) is 5.47. The Kier molecular flexibility index (Phi) is 14.1. The molecule has 0 unspecified atom stereocenters. The van der Waals surface area contributed by atoms with Crippen molar-refractivity contribution < 1.29 is 57.4 Å². The molecule has 14 nitrogen and oxygen atoms in total. The van der Waals surface area contributed by atoms with Crippen LogP contribution in [-0.4, -0.2) is 116 Å². The molecule has 0 saturated carbocycles. The van der Waals surface area contributed by atoms with Crippen LogP contribution in [0.5, 0.6) is 0 Å². The number of hydrogen-bond acceptors (Lipinski definition) is 11. The molecule has 1 saturated heterocycles. The lowest BCUT2D eigenvalue weighted by Gasteiger charge is -2.33. The van der Waals surface area contributed by atoms with Gasteiger partial charge < -0.3 is 34.4 Å². The van der Waals surface area contributed by atoms with Gasteiger partial charge in [0.25, 0.3) is 5.91 Å². The summed E-state index contributed by atoms with van der Waals surface area (Å²) in [5.74, 6) is -3.33. The average Bonchev–Trinajstić information content (AvgIpc) is 2.80. The van der Waals surface area contributed by atoms with Gasteiger partial charge in [0.05, 0.1) is 40.4 Å². The third kappa shape index (κ3) is 14.8. The van der Waals surface area contributed by atoms with E-state index >= 15 is 0 Å². The van der Waals surface area contributed by atoms with Crippen LogP contribution >= 0.6 is 11.8 Å². The summed E-state index contributed by atoms with van der Waals surface area (Å²) in [5.41, 5.74) is -1.30. The molecule has 226 valence electrons. The molecule has 0 aromatic rings. The Bertz CT molecular complexity index is 962. The van der Waals surface area contributed by atoms with Crippen molar-refractivity contribution in [1.29, 1.82) is 0 Å². The minimum absolute atomic E-state index is 0.112. The van der Waals surface area contributed by atoms with Crippen molar-refractivity contribution in [2.45, 2.75) is 58.2 Å². The van der Waals surface area contributed by atoms with Gasteiger partial charge in [0.15, 0.2) is 17.3 Å². The van der Waals surface area contributed by atoms with Crippen molar-refractivity contribution in [3.63, 3.8) is 0 Å². The first kappa shape index (κ1) is 34.8. The number of carbonyl (C=O) groups is 7. The van der Waals surface area contributed by atoms with E-state index in [0.29, 0.717) is 0 Å². The molecular formula is C25H40N3O11S+. The summed E-state index contributed by atoms with van der Waals surface area (Å²) in [6.07, 6.45) is -5.35. The highest BCUT2D eigenvalue weighted by molar-refractivity contribution is 8.13. The number of ketones is 1. The molecule has 1 aliphatic rings. The van der Waals surface area contributed by atoms with Crippen molar-refractivity contribution in [1.82, 2.24) is 10.6 Å². The first-order valence-electron chi connectivity index (χ1n) is 12.8. The monoisotopic (exact) mass is 590 g/mol. The molecule has 1 rings (SSSR count). The number of carboxylic acid groups (broad SMARTS) is 1. The van der Waals surface area contributed by atoms with Crippen molar-refractivity contribution in [3.05, 3.63) is 0 Å². The number of nitrogens with one attached hydrogen (secondary N) is 2. The second-order valence-corrected chi connectivity index (χ2v) is 12.2. The molecule has 40 heavy (non-hydrogen) atoms. The van der Waals surface area contributed by atoms with Crippen LogP contribution in [0, 0.1) is 5.41 Å². The van der Waals surface area contributed by atoms with Crippen molar-refractivity contribution in [2.24, 2.45) is 5.41 Å². The van der Waals surface area contributed by atoms with Crippen LogP contribution < -0.4 is 10.6 Å². The normalized spacial score (nSPS) is 21.4. The van der Waals surface area contributed by atoms with E-state index in [-0.39, 0.29) is 60.7 Å². The van der Waals surface area contributed by atoms with Gasteiger partial charge in [-0.1, -0.05) is 25.6 Å². The molecule has 0 bridgehead atoms. The van der Waals surface area contributed by atoms with Gasteiger partial charge in [-0.05, 0) is 0 Å². The van der Waals surface area contributed by atoms with E-state index in [4.69, 9.17) is 14.2 Å². The molecule has 0 spiro atoms. The van der Waals surface area contributed by atoms with Crippen molar-refractivity contribution >= 4 is 52.6 Å². The highest BCUT2D eigenvalue weighted by Gasteiger charge is 2.41. The topological polar surface area (TPSA) is 191 Å². The zero-order chi connectivity index (χ0) is 30.5. The summed E-state index contributed by atoms with van der Waals surface area (Å²) in [5, 5.41) is 13.9. The lowest BCUT2D eigenvalue weighted by molar-refractivity contribution is -0.873. The molecule has 0 aliphatic carbocycles. The summed E-state index contributed by atoms with van der Waals surface area (Å²) >= 11 is 0.891. The number of carbonyl (C=O) groups excluding carboxylic acids is 6. The maximum absolute atomic E-state index is 13.1. The number of ether oxygens (including phenoxy) is 3. The number of cyclic esters (lactones) is 1. The second kappa shape index (κ2) is 16.2. The van der Waals surface area contributed by atoms with Crippen molar-refractivity contribution in [2.75, 3.05) is 53.1 Å².